The number of anilines is 1. The van der Waals surface area contributed by atoms with Crippen LogP contribution in [0.1, 0.15) is 24.1 Å². The molecule has 1 unspecified atom stereocenters. The SMILES string of the molecule is C#CCn1ncc(NC(C)c2ccc(C)cc2)c(Br)c1=O. The highest BCUT2D eigenvalue weighted by atomic mass is 79.9. The van der Waals surface area contributed by atoms with E-state index in [0.29, 0.717) is 10.2 Å². The van der Waals surface area contributed by atoms with Crippen molar-refractivity contribution in [2.45, 2.75) is 26.4 Å². The second kappa shape index (κ2) is 6.59. The van der Waals surface area contributed by atoms with Crippen molar-refractivity contribution < 1.29 is 0 Å². The summed E-state index contributed by atoms with van der Waals surface area (Å²) in [4.78, 5) is 12.1. The highest BCUT2D eigenvalue weighted by molar-refractivity contribution is 9.10. The van der Waals surface area contributed by atoms with Crippen LogP contribution in [0.3, 0.4) is 0 Å². The number of aryl methyl sites for hydroxylation is 1. The third-order valence-corrected chi connectivity index (χ3v) is 3.94. The number of nitrogens with one attached hydrogen (secondary N) is 1. The number of hydrogen-bond donors (Lipinski definition) is 1. The Hall–Kier alpha value is -2.06. The average Bonchev–Trinajstić information content (AvgIpc) is 2.47. The molecule has 0 aliphatic heterocycles. The van der Waals surface area contributed by atoms with Crippen LogP contribution >= 0.6 is 15.9 Å². The molecular formula is C16H16BrN3O. The van der Waals surface area contributed by atoms with Gasteiger partial charge in [-0.1, -0.05) is 35.7 Å². The molecule has 0 bridgehead atoms. The predicted molar refractivity (Wildman–Crippen MR) is 88.2 cm³/mol. The minimum Gasteiger partial charge on any atom is -0.376 e. The van der Waals surface area contributed by atoms with Crippen LogP contribution in [0.5, 0.6) is 0 Å². The number of halogens is 1. The van der Waals surface area contributed by atoms with Gasteiger partial charge in [0, 0.05) is 6.04 Å². The first-order valence-corrected chi connectivity index (χ1v) is 7.34. The van der Waals surface area contributed by atoms with Gasteiger partial charge in [0.05, 0.1) is 11.9 Å². The van der Waals surface area contributed by atoms with Crippen LogP contribution in [-0.4, -0.2) is 9.78 Å². The molecule has 1 N–H and O–H groups in total. The summed E-state index contributed by atoms with van der Waals surface area (Å²) in [6, 6.07) is 8.31. The van der Waals surface area contributed by atoms with E-state index >= 15 is 0 Å². The van der Waals surface area contributed by atoms with Crippen molar-refractivity contribution in [2.75, 3.05) is 5.32 Å². The van der Waals surface area contributed by atoms with Crippen LogP contribution in [-0.2, 0) is 6.54 Å². The molecule has 0 saturated carbocycles. The second-order valence-corrected chi connectivity index (χ2v) is 5.61. The van der Waals surface area contributed by atoms with Crippen LogP contribution in [0.25, 0.3) is 0 Å². The third-order valence-electron chi connectivity index (χ3n) is 3.18. The van der Waals surface area contributed by atoms with Gasteiger partial charge in [0.1, 0.15) is 11.0 Å². The van der Waals surface area contributed by atoms with Crippen molar-refractivity contribution in [3.05, 3.63) is 56.4 Å². The average molecular weight is 346 g/mol. The van der Waals surface area contributed by atoms with Crippen LogP contribution in [0, 0.1) is 19.3 Å². The molecule has 1 atom stereocenters. The summed E-state index contributed by atoms with van der Waals surface area (Å²) in [5.74, 6) is 2.40. The van der Waals surface area contributed by atoms with Crippen LogP contribution in [0.4, 0.5) is 5.69 Å². The quantitative estimate of drug-likeness (QED) is 0.866. The molecule has 0 aliphatic carbocycles. The van der Waals surface area contributed by atoms with Gasteiger partial charge in [-0.2, -0.15) is 5.10 Å². The maximum atomic E-state index is 12.1. The zero-order valence-corrected chi connectivity index (χ0v) is 13.5. The third kappa shape index (κ3) is 3.53. The van der Waals surface area contributed by atoms with Crippen LogP contribution in [0.15, 0.2) is 39.7 Å². The first-order chi connectivity index (χ1) is 10.0. The molecule has 1 aromatic carbocycles. The Labute approximate surface area is 132 Å². The van der Waals surface area contributed by atoms with E-state index in [1.807, 2.05) is 13.8 Å². The molecule has 1 aromatic heterocycles. The van der Waals surface area contributed by atoms with Crippen molar-refractivity contribution in [3.8, 4) is 12.3 Å². The van der Waals surface area contributed by atoms with E-state index in [9.17, 15) is 4.79 Å². The van der Waals surface area contributed by atoms with Crippen LogP contribution < -0.4 is 10.9 Å². The van der Waals surface area contributed by atoms with Crippen molar-refractivity contribution in [2.24, 2.45) is 0 Å². The van der Waals surface area contributed by atoms with E-state index in [1.165, 1.54) is 10.2 Å². The topological polar surface area (TPSA) is 46.9 Å². The Morgan fingerprint density at radius 2 is 2.10 bits per heavy atom. The fraction of sp³-hybridized carbons (Fsp3) is 0.250. The predicted octanol–water partition coefficient (Wildman–Crippen LogP) is 3.12. The number of terminal acetylenes is 1. The standard InChI is InChI=1S/C16H16BrN3O/c1-4-9-20-16(21)15(17)14(10-18-20)19-12(3)13-7-5-11(2)6-8-13/h1,5-8,10,12,19H,9H2,2-3H3. The fourth-order valence-electron chi connectivity index (χ4n) is 1.94. The van der Waals surface area contributed by atoms with Gasteiger partial charge >= 0.3 is 0 Å². The molecule has 0 amide bonds. The number of rotatable bonds is 4. The van der Waals surface area contributed by atoms with E-state index in [0.717, 1.165) is 5.56 Å². The number of nitrogens with zero attached hydrogens (tertiary/aromatic N) is 2. The van der Waals surface area contributed by atoms with Gasteiger partial charge < -0.3 is 5.32 Å². The molecule has 0 spiro atoms. The van der Waals surface area contributed by atoms with Gasteiger partial charge in [-0.3, -0.25) is 4.79 Å². The van der Waals surface area contributed by atoms with Gasteiger partial charge in [-0.05, 0) is 35.3 Å². The lowest BCUT2D eigenvalue weighted by molar-refractivity contribution is 0.658. The molecule has 1 heterocycles. The maximum absolute atomic E-state index is 12.1. The molecule has 0 fully saturated rings. The lowest BCUT2D eigenvalue weighted by Crippen LogP contribution is -2.24. The van der Waals surface area contributed by atoms with Gasteiger partial charge in [0.15, 0.2) is 0 Å². The Bertz CT molecular complexity index is 729. The highest BCUT2D eigenvalue weighted by Crippen LogP contribution is 2.23. The normalized spacial score (nSPS) is 11.7. The highest BCUT2D eigenvalue weighted by Gasteiger charge is 2.11. The molecule has 4 nitrogen and oxygen atoms in total. The van der Waals surface area contributed by atoms with Crippen molar-refractivity contribution in [1.82, 2.24) is 9.78 Å². The van der Waals surface area contributed by atoms with Gasteiger partial charge in [0.2, 0.25) is 0 Å². The van der Waals surface area contributed by atoms with Crippen molar-refractivity contribution >= 4 is 21.6 Å². The summed E-state index contributed by atoms with van der Waals surface area (Å²) >= 11 is 3.31. The van der Waals surface area contributed by atoms with E-state index in [-0.39, 0.29) is 18.1 Å². The number of aromatic nitrogens is 2. The Morgan fingerprint density at radius 3 is 2.71 bits per heavy atom. The largest absolute Gasteiger partial charge is 0.376 e. The molecule has 21 heavy (non-hydrogen) atoms. The van der Waals surface area contributed by atoms with Gasteiger partial charge in [-0.15, -0.1) is 6.42 Å². The number of hydrogen-bond acceptors (Lipinski definition) is 3. The summed E-state index contributed by atoms with van der Waals surface area (Å²) in [7, 11) is 0. The molecule has 108 valence electrons. The summed E-state index contributed by atoms with van der Waals surface area (Å²) in [5, 5.41) is 7.34. The minimum absolute atomic E-state index is 0.0617. The monoisotopic (exact) mass is 345 g/mol. The van der Waals surface area contributed by atoms with E-state index < -0.39 is 0 Å². The molecular weight excluding hydrogens is 330 g/mol. The lowest BCUT2D eigenvalue weighted by atomic mass is 10.1. The molecule has 0 aliphatic rings. The van der Waals surface area contributed by atoms with Crippen LogP contribution in [0.2, 0.25) is 0 Å². The minimum atomic E-state index is -0.242. The molecule has 2 aromatic rings. The van der Waals surface area contributed by atoms with Crippen molar-refractivity contribution in [3.63, 3.8) is 0 Å². The van der Waals surface area contributed by atoms with E-state index in [4.69, 9.17) is 6.42 Å². The van der Waals surface area contributed by atoms with Gasteiger partial charge in [-0.25, -0.2) is 4.68 Å². The fourth-order valence-corrected chi connectivity index (χ4v) is 2.36. The molecule has 0 radical (unpaired) electrons. The zero-order chi connectivity index (χ0) is 15.4. The Morgan fingerprint density at radius 1 is 1.43 bits per heavy atom. The first-order valence-electron chi connectivity index (χ1n) is 6.55. The summed E-state index contributed by atoms with van der Waals surface area (Å²) in [6.07, 6.45) is 6.81. The lowest BCUT2D eigenvalue weighted by Gasteiger charge is -2.17. The molecule has 2 rings (SSSR count). The van der Waals surface area contributed by atoms with E-state index in [1.54, 1.807) is 6.20 Å². The molecule has 5 heteroatoms. The first kappa shape index (κ1) is 15.3. The maximum Gasteiger partial charge on any atom is 0.284 e. The Kier molecular flexibility index (Phi) is 4.81. The second-order valence-electron chi connectivity index (χ2n) is 4.82. The Balaban J connectivity index is 2.24. The molecule has 0 saturated heterocycles. The number of benzene rings is 1. The zero-order valence-electron chi connectivity index (χ0n) is 11.9. The summed E-state index contributed by atoms with van der Waals surface area (Å²) in [5.41, 5.74) is 2.77. The summed E-state index contributed by atoms with van der Waals surface area (Å²) in [6.45, 7) is 4.24. The van der Waals surface area contributed by atoms with E-state index in [2.05, 4.69) is 56.5 Å². The smallest absolute Gasteiger partial charge is 0.284 e. The summed E-state index contributed by atoms with van der Waals surface area (Å²) < 4.78 is 1.68. The van der Waals surface area contributed by atoms with Crippen molar-refractivity contribution in [1.29, 1.82) is 0 Å². The van der Waals surface area contributed by atoms with Gasteiger partial charge in [0.25, 0.3) is 5.56 Å².